The number of fused-ring (bicyclic) bond motifs is 1. The molecule has 1 amide bonds. The smallest absolute Gasteiger partial charge is 0.272 e. The molecule has 6 heteroatoms. The first-order valence-corrected chi connectivity index (χ1v) is 7.08. The van der Waals surface area contributed by atoms with E-state index in [0.717, 1.165) is 10.8 Å². The number of rotatable bonds is 2. The fourth-order valence-electron chi connectivity index (χ4n) is 1.90. The third-order valence-electron chi connectivity index (χ3n) is 2.93. The molecule has 3 rings (SSSR count). The molecule has 5 nitrogen and oxygen atoms in total. The van der Waals surface area contributed by atoms with E-state index in [1.165, 1.54) is 16.2 Å². The molecule has 0 radical (unpaired) electrons. The van der Waals surface area contributed by atoms with Crippen LogP contribution in [0.1, 0.15) is 21.6 Å². The second kappa shape index (κ2) is 5.13. The lowest BCUT2D eigenvalue weighted by atomic mass is 10.2. The standard InChI is InChI=1S/C14H14N2O3S/c1-16(2)14(17)9-8-20-13(15-9)12-7-18-10-5-3-4-6-11(10)19-12/h3-6,8,12H,7H2,1-2H3. The van der Waals surface area contributed by atoms with Crippen molar-refractivity contribution in [2.24, 2.45) is 0 Å². The highest BCUT2D eigenvalue weighted by molar-refractivity contribution is 7.09. The van der Waals surface area contributed by atoms with Crippen molar-refractivity contribution in [2.45, 2.75) is 6.10 Å². The average Bonchev–Trinajstić information content (AvgIpc) is 2.95. The topological polar surface area (TPSA) is 51.7 Å². The quantitative estimate of drug-likeness (QED) is 0.852. The molecule has 0 N–H and O–H groups in total. The zero-order chi connectivity index (χ0) is 14.1. The van der Waals surface area contributed by atoms with E-state index in [9.17, 15) is 4.79 Å². The Hall–Kier alpha value is -2.08. The molecular weight excluding hydrogens is 276 g/mol. The summed E-state index contributed by atoms with van der Waals surface area (Å²) in [7, 11) is 3.41. The van der Waals surface area contributed by atoms with Gasteiger partial charge in [-0.2, -0.15) is 0 Å². The molecule has 0 spiro atoms. The summed E-state index contributed by atoms with van der Waals surface area (Å²) in [5.41, 5.74) is 0.442. The lowest BCUT2D eigenvalue weighted by Crippen LogP contribution is -2.23. The molecule has 20 heavy (non-hydrogen) atoms. The van der Waals surface area contributed by atoms with Crippen LogP contribution in [-0.4, -0.2) is 36.5 Å². The maximum absolute atomic E-state index is 11.8. The van der Waals surface area contributed by atoms with E-state index in [2.05, 4.69) is 4.98 Å². The number of para-hydroxylation sites is 2. The van der Waals surface area contributed by atoms with Crippen LogP contribution in [-0.2, 0) is 0 Å². The van der Waals surface area contributed by atoms with Crippen LogP contribution in [0.2, 0.25) is 0 Å². The molecule has 2 aromatic rings. The summed E-state index contributed by atoms with van der Waals surface area (Å²) >= 11 is 1.41. The molecular formula is C14H14N2O3S. The molecule has 1 unspecified atom stereocenters. The van der Waals surface area contributed by atoms with Gasteiger partial charge in [-0.25, -0.2) is 4.98 Å². The molecule has 1 aromatic carbocycles. The maximum Gasteiger partial charge on any atom is 0.272 e. The Bertz CT molecular complexity index is 639. The summed E-state index contributed by atoms with van der Waals surface area (Å²) in [4.78, 5) is 17.7. The van der Waals surface area contributed by atoms with Crippen LogP contribution in [0.15, 0.2) is 29.6 Å². The average molecular weight is 290 g/mol. The van der Waals surface area contributed by atoms with E-state index >= 15 is 0 Å². The molecule has 0 saturated heterocycles. The number of amides is 1. The van der Waals surface area contributed by atoms with E-state index < -0.39 is 0 Å². The molecule has 0 saturated carbocycles. The van der Waals surface area contributed by atoms with E-state index in [4.69, 9.17) is 9.47 Å². The van der Waals surface area contributed by atoms with Crippen LogP contribution < -0.4 is 9.47 Å². The lowest BCUT2D eigenvalue weighted by molar-refractivity contribution is 0.0815. The Morgan fingerprint density at radius 1 is 1.35 bits per heavy atom. The normalized spacial score (nSPS) is 16.8. The van der Waals surface area contributed by atoms with Crippen molar-refractivity contribution in [1.82, 2.24) is 9.88 Å². The molecule has 1 aliphatic rings. The molecule has 0 aliphatic carbocycles. The van der Waals surface area contributed by atoms with Gasteiger partial charge in [0.1, 0.15) is 17.3 Å². The van der Waals surface area contributed by atoms with Gasteiger partial charge in [-0.1, -0.05) is 12.1 Å². The Morgan fingerprint density at radius 2 is 2.10 bits per heavy atom. The summed E-state index contributed by atoms with van der Waals surface area (Å²) in [6.07, 6.45) is -0.265. The first-order chi connectivity index (χ1) is 9.65. The highest BCUT2D eigenvalue weighted by Gasteiger charge is 2.26. The summed E-state index contributed by atoms with van der Waals surface area (Å²) in [5.74, 6) is 1.34. The van der Waals surface area contributed by atoms with Crippen molar-refractivity contribution in [2.75, 3.05) is 20.7 Å². The van der Waals surface area contributed by atoms with Gasteiger partial charge in [-0.3, -0.25) is 4.79 Å². The van der Waals surface area contributed by atoms with Crippen LogP contribution in [0.5, 0.6) is 11.5 Å². The number of thiazole rings is 1. The van der Waals surface area contributed by atoms with E-state index in [1.54, 1.807) is 19.5 Å². The molecule has 1 atom stereocenters. The van der Waals surface area contributed by atoms with Gasteiger partial charge in [-0.15, -0.1) is 11.3 Å². The zero-order valence-corrected chi connectivity index (χ0v) is 12.0. The monoisotopic (exact) mass is 290 g/mol. The van der Waals surface area contributed by atoms with Crippen molar-refractivity contribution in [3.05, 3.63) is 40.3 Å². The van der Waals surface area contributed by atoms with Gasteiger partial charge in [0.05, 0.1) is 0 Å². The van der Waals surface area contributed by atoms with E-state index in [-0.39, 0.29) is 12.0 Å². The number of carbonyl (C=O) groups is 1. The SMILES string of the molecule is CN(C)C(=O)c1csc(C2COc3ccccc3O2)n1. The van der Waals surface area contributed by atoms with Crippen LogP contribution in [0.25, 0.3) is 0 Å². The van der Waals surface area contributed by atoms with Crippen molar-refractivity contribution >= 4 is 17.2 Å². The van der Waals surface area contributed by atoms with Gasteiger partial charge < -0.3 is 14.4 Å². The van der Waals surface area contributed by atoms with Crippen molar-refractivity contribution in [3.63, 3.8) is 0 Å². The third kappa shape index (κ3) is 2.34. The van der Waals surface area contributed by atoms with E-state index in [0.29, 0.717) is 18.1 Å². The highest BCUT2D eigenvalue weighted by Crippen LogP contribution is 2.36. The minimum absolute atomic E-state index is 0.107. The maximum atomic E-state index is 11.8. The summed E-state index contributed by atoms with van der Waals surface area (Å²) in [5, 5.41) is 2.51. The van der Waals surface area contributed by atoms with Crippen LogP contribution in [0, 0.1) is 0 Å². The number of hydrogen-bond donors (Lipinski definition) is 0. The predicted molar refractivity (Wildman–Crippen MR) is 75.4 cm³/mol. The zero-order valence-electron chi connectivity index (χ0n) is 11.2. The van der Waals surface area contributed by atoms with Gasteiger partial charge in [0.15, 0.2) is 17.6 Å². The van der Waals surface area contributed by atoms with Crippen molar-refractivity contribution in [3.8, 4) is 11.5 Å². The fraction of sp³-hybridized carbons (Fsp3) is 0.286. The first kappa shape index (κ1) is 12.9. The van der Waals surface area contributed by atoms with Gasteiger partial charge >= 0.3 is 0 Å². The molecule has 1 aromatic heterocycles. The van der Waals surface area contributed by atoms with Gasteiger partial charge in [0, 0.05) is 19.5 Å². The Morgan fingerprint density at radius 3 is 2.85 bits per heavy atom. The van der Waals surface area contributed by atoms with Gasteiger partial charge in [0.25, 0.3) is 5.91 Å². The second-order valence-electron chi connectivity index (χ2n) is 4.63. The highest BCUT2D eigenvalue weighted by atomic mass is 32.1. The third-order valence-corrected chi connectivity index (χ3v) is 3.87. The summed E-state index contributed by atoms with van der Waals surface area (Å²) < 4.78 is 11.5. The Kier molecular flexibility index (Phi) is 3.31. The van der Waals surface area contributed by atoms with Crippen molar-refractivity contribution in [1.29, 1.82) is 0 Å². The van der Waals surface area contributed by atoms with Crippen LogP contribution in [0.3, 0.4) is 0 Å². The number of aromatic nitrogens is 1. The number of benzene rings is 1. The van der Waals surface area contributed by atoms with Gasteiger partial charge in [-0.05, 0) is 12.1 Å². The molecule has 104 valence electrons. The largest absolute Gasteiger partial charge is 0.485 e. The number of hydrogen-bond acceptors (Lipinski definition) is 5. The minimum atomic E-state index is -0.265. The van der Waals surface area contributed by atoms with Crippen LogP contribution in [0.4, 0.5) is 0 Å². The van der Waals surface area contributed by atoms with E-state index in [1.807, 2.05) is 24.3 Å². The Labute approximate surface area is 120 Å². The predicted octanol–water partition coefficient (Wildman–Crippen LogP) is 2.36. The van der Waals surface area contributed by atoms with Crippen molar-refractivity contribution < 1.29 is 14.3 Å². The second-order valence-corrected chi connectivity index (χ2v) is 5.52. The number of nitrogens with zero attached hydrogens (tertiary/aromatic N) is 2. The molecule has 2 heterocycles. The molecule has 0 bridgehead atoms. The summed E-state index contributed by atoms with van der Waals surface area (Å²) in [6, 6.07) is 7.53. The van der Waals surface area contributed by atoms with Gasteiger partial charge in [0.2, 0.25) is 0 Å². The lowest BCUT2D eigenvalue weighted by Gasteiger charge is -2.24. The molecule has 0 fully saturated rings. The Balaban J connectivity index is 1.80. The molecule has 1 aliphatic heterocycles. The minimum Gasteiger partial charge on any atom is -0.485 e. The number of ether oxygens (including phenoxy) is 2. The van der Waals surface area contributed by atoms with Crippen LogP contribution >= 0.6 is 11.3 Å². The fourth-order valence-corrected chi connectivity index (χ4v) is 2.71. The summed E-state index contributed by atoms with van der Waals surface area (Å²) in [6.45, 7) is 0.403. The first-order valence-electron chi connectivity index (χ1n) is 6.20. The number of carbonyl (C=O) groups excluding carboxylic acids is 1.